The number of pyridine rings is 1. The van der Waals surface area contributed by atoms with Gasteiger partial charge in [0.2, 0.25) is 0 Å². The number of aliphatic hydroxyl groups is 2. The Bertz CT molecular complexity index is 734. The van der Waals surface area contributed by atoms with Crippen molar-refractivity contribution >= 4 is 16.8 Å². The van der Waals surface area contributed by atoms with Crippen molar-refractivity contribution in [2.75, 3.05) is 19.7 Å². The molecule has 6 heteroatoms. The third-order valence-corrected chi connectivity index (χ3v) is 4.48. The predicted octanol–water partition coefficient (Wildman–Crippen LogP) is 1.29. The first-order valence-electron chi connectivity index (χ1n) is 7.73. The van der Waals surface area contributed by atoms with E-state index in [1.807, 2.05) is 6.07 Å². The third kappa shape index (κ3) is 3.00. The van der Waals surface area contributed by atoms with Gasteiger partial charge in [-0.3, -0.25) is 9.78 Å². The molecule has 122 valence electrons. The average Bonchev–Trinajstić information content (AvgIpc) is 2.77. The van der Waals surface area contributed by atoms with Gasteiger partial charge < -0.3 is 20.2 Å². The number of hydrogen-bond acceptors (Lipinski definition) is 5. The second kappa shape index (κ2) is 6.14. The number of aromatic hydroxyl groups is 1. The number of aromatic nitrogens is 1. The van der Waals surface area contributed by atoms with Crippen molar-refractivity contribution in [3.8, 4) is 5.75 Å². The number of hydrogen-bond donors (Lipinski definition) is 3. The number of phenols is 1. The summed E-state index contributed by atoms with van der Waals surface area (Å²) in [4.78, 5) is 18.4. The second-order valence-electron chi connectivity index (χ2n) is 6.07. The van der Waals surface area contributed by atoms with E-state index < -0.39 is 5.60 Å². The van der Waals surface area contributed by atoms with Crippen LogP contribution in [0.2, 0.25) is 0 Å². The number of likely N-dealkylation sites (tertiary alicyclic amines) is 1. The molecule has 1 aromatic carbocycles. The Balaban J connectivity index is 1.87. The minimum Gasteiger partial charge on any atom is -0.505 e. The summed E-state index contributed by atoms with van der Waals surface area (Å²) in [5.41, 5.74) is -0.507. The molecule has 2 aromatic rings. The lowest BCUT2D eigenvalue weighted by atomic mass is 9.96. The van der Waals surface area contributed by atoms with E-state index in [1.165, 1.54) is 0 Å². The zero-order valence-corrected chi connectivity index (χ0v) is 12.8. The fraction of sp³-hybridized carbons (Fsp3) is 0.412. The first-order chi connectivity index (χ1) is 11.0. The van der Waals surface area contributed by atoms with E-state index in [9.17, 15) is 20.1 Å². The molecule has 0 spiro atoms. The molecular weight excluding hydrogens is 296 g/mol. The Morgan fingerprint density at radius 3 is 2.87 bits per heavy atom. The van der Waals surface area contributed by atoms with Crippen molar-refractivity contribution in [2.45, 2.75) is 24.9 Å². The Kier molecular flexibility index (Phi) is 4.19. The fourth-order valence-electron chi connectivity index (χ4n) is 3.01. The minimum atomic E-state index is -1.12. The largest absolute Gasteiger partial charge is 0.505 e. The molecule has 0 aliphatic carbocycles. The van der Waals surface area contributed by atoms with E-state index in [0.717, 1.165) is 5.39 Å². The van der Waals surface area contributed by atoms with Gasteiger partial charge in [0.25, 0.3) is 5.91 Å². The number of nitrogens with zero attached hydrogens (tertiary/aromatic N) is 2. The van der Waals surface area contributed by atoms with Crippen LogP contribution in [-0.2, 0) is 0 Å². The first kappa shape index (κ1) is 15.7. The van der Waals surface area contributed by atoms with E-state index in [0.29, 0.717) is 37.9 Å². The van der Waals surface area contributed by atoms with Gasteiger partial charge in [0.15, 0.2) is 5.75 Å². The number of carbonyl (C=O) groups excluding carboxylic acids is 1. The van der Waals surface area contributed by atoms with Crippen LogP contribution in [-0.4, -0.2) is 56.4 Å². The number of carbonyl (C=O) groups is 1. The molecule has 1 aromatic heterocycles. The van der Waals surface area contributed by atoms with Crippen molar-refractivity contribution in [2.24, 2.45) is 0 Å². The van der Waals surface area contributed by atoms with Crippen LogP contribution in [0.25, 0.3) is 10.9 Å². The van der Waals surface area contributed by atoms with Gasteiger partial charge in [-0.05, 0) is 31.4 Å². The van der Waals surface area contributed by atoms with Gasteiger partial charge in [0, 0.05) is 24.7 Å². The lowest BCUT2D eigenvalue weighted by molar-refractivity contribution is -0.0250. The van der Waals surface area contributed by atoms with Gasteiger partial charge in [-0.1, -0.05) is 12.1 Å². The van der Waals surface area contributed by atoms with Crippen LogP contribution >= 0.6 is 0 Å². The van der Waals surface area contributed by atoms with Crippen molar-refractivity contribution in [1.29, 1.82) is 0 Å². The molecule has 0 radical (unpaired) electrons. The van der Waals surface area contributed by atoms with Gasteiger partial charge in [-0.25, -0.2) is 0 Å². The molecule has 0 saturated carbocycles. The topological polar surface area (TPSA) is 93.9 Å². The lowest BCUT2D eigenvalue weighted by Gasteiger charge is -2.24. The summed E-state index contributed by atoms with van der Waals surface area (Å²) in [5, 5.41) is 30.6. The van der Waals surface area contributed by atoms with Crippen LogP contribution in [0.15, 0.2) is 30.5 Å². The summed E-state index contributed by atoms with van der Waals surface area (Å²) in [6.45, 7) is 0.524. The maximum absolute atomic E-state index is 12.7. The number of fused-ring (bicyclic) bond motifs is 1. The SMILES string of the molecule is O=C(c1ccc2cccnc2c1O)N1CCC[C@@](O)(CO)CC1. The minimum absolute atomic E-state index is 0.116. The van der Waals surface area contributed by atoms with E-state index in [-0.39, 0.29) is 23.8 Å². The molecule has 1 fully saturated rings. The average molecular weight is 316 g/mol. The van der Waals surface area contributed by atoms with Crippen LogP contribution in [0.3, 0.4) is 0 Å². The molecule has 3 rings (SSSR count). The van der Waals surface area contributed by atoms with Crippen molar-refractivity contribution < 1.29 is 20.1 Å². The molecule has 1 aliphatic rings. The zero-order valence-electron chi connectivity index (χ0n) is 12.8. The van der Waals surface area contributed by atoms with Crippen LogP contribution < -0.4 is 0 Å². The summed E-state index contributed by atoms with van der Waals surface area (Å²) >= 11 is 0. The molecule has 3 N–H and O–H groups in total. The Morgan fingerprint density at radius 2 is 2.09 bits per heavy atom. The molecule has 1 saturated heterocycles. The molecule has 0 unspecified atom stereocenters. The normalized spacial score (nSPS) is 22.1. The summed E-state index contributed by atoms with van der Waals surface area (Å²) in [6, 6.07) is 6.96. The van der Waals surface area contributed by atoms with E-state index in [4.69, 9.17) is 0 Å². The number of aliphatic hydroxyl groups excluding tert-OH is 1. The molecule has 1 aliphatic heterocycles. The third-order valence-electron chi connectivity index (χ3n) is 4.48. The molecular formula is C17H20N2O4. The van der Waals surface area contributed by atoms with E-state index in [2.05, 4.69) is 4.98 Å². The Morgan fingerprint density at radius 1 is 1.26 bits per heavy atom. The van der Waals surface area contributed by atoms with Crippen LogP contribution in [0.5, 0.6) is 5.75 Å². The highest BCUT2D eigenvalue weighted by atomic mass is 16.3. The zero-order chi connectivity index (χ0) is 16.4. The summed E-state index contributed by atoms with van der Waals surface area (Å²) in [5.74, 6) is -0.396. The number of benzene rings is 1. The number of amides is 1. The van der Waals surface area contributed by atoms with Crippen LogP contribution in [0.1, 0.15) is 29.6 Å². The van der Waals surface area contributed by atoms with Crippen molar-refractivity contribution in [3.05, 3.63) is 36.0 Å². The lowest BCUT2D eigenvalue weighted by Crippen LogP contribution is -2.36. The standard InChI is InChI=1S/C17H20N2O4/c20-11-17(23)6-2-9-19(10-7-17)16(22)13-5-4-12-3-1-8-18-14(12)15(13)21/h1,3-5,8,20-21,23H,2,6-7,9-11H2/t17-/m0/s1. The predicted molar refractivity (Wildman–Crippen MR) is 85.2 cm³/mol. The quantitative estimate of drug-likeness (QED) is 0.776. The van der Waals surface area contributed by atoms with Gasteiger partial charge in [-0.15, -0.1) is 0 Å². The number of rotatable bonds is 2. The molecule has 6 nitrogen and oxygen atoms in total. The number of phenolic OH excluding ortho intramolecular Hbond substituents is 1. The summed E-state index contributed by atoms with van der Waals surface area (Å²) < 4.78 is 0. The molecule has 23 heavy (non-hydrogen) atoms. The summed E-state index contributed by atoms with van der Waals surface area (Å²) in [7, 11) is 0. The highest BCUT2D eigenvalue weighted by molar-refractivity contribution is 6.02. The Hall–Kier alpha value is -2.18. The van der Waals surface area contributed by atoms with E-state index in [1.54, 1.807) is 29.3 Å². The maximum atomic E-state index is 12.7. The van der Waals surface area contributed by atoms with Gasteiger partial charge >= 0.3 is 0 Å². The highest BCUT2D eigenvalue weighted by Gasteiger charge is 2.31. The molecule has 0 bridgehead atoms. The smallest absolute Gasteiger partial charge is 0.257 e. The highest BCUT2D eigenvalue weighted by Crippen LogP contribution is 2.29. The molecule has 1 amide bonds. The Labute approximate surface area is 134 Å². The molecule has 1 atom stereocenters. The van der Waals surface area contributed by atoms with Gasteiger partial charge in [0.05, 0.1) is 17.8 Å². The second-order valence-corrected chi connectivity index (χ2v) is 6.07. The first-order valence-corrected chi connectivity index (χ1v) is 7.73. The van der Waals surface area contributed by atoms with Crippen LogP contribution in [0.4, 0.5) is 0 Å². The fourth-order valence-corrected chi connectivity index (χ4v) is 3.01. The maximum Gasteiger partial charge on any atom is 0.257 e. The van der Waals surface area contributed by atoms with Gasteiger partial charge in [-0.2, -0.15) is 0 Å². The molecule has 2 heterocycles. The monoisotopic (exact) mass is 316 g/mol. The van der Waals surface area contributed by atoms with Gasteiger partial charge in [0.1, 0.15) is 5.52 Å². The van der Waals surface area contributed by atoms with Crippen molar-refractivity contribution in [1.82, 2.24) is 9.88 Å². The van der Waals surface area contributed by atoms with E-state index >= 15 is 0 Å². The van der Waals surface area contributed by atoms with Crippen LogP contribution in [0, 0.1) is 0 Å². The summed E-state index contributed by atoms with van der Waals surface area (Å²) in [6.07, 6.45) is 2.96. The van der Waals surface area contributed by atoms with Crippen molar-refractivity contribution in [3.63, 3.8) is 0 Å².